The Morgan fingerprint density at radius 2 is 1.60 bits per heavy atom. The lowest BCUT2D eigenvalue weighted by molar-refractivity contribution is 0.594. The van der Waals surface area contributed by atoms with Crippen LogP contribution < -0.4 is 5.01 Å². The number of nitrogens with zero attached hydrogens (tertiary/aromatic N) is 3. The van der Waals surface area contributed by atoms with Gasteiger partial charge in [0.2, 0.25) is 0 Å². The Balaban J connectivity index is 2.20. The van der Waals surface area contributed by atoms with E-state index in [0.717, 1.165) is 5.69 Å². The molecule has 2 rings (SSSR count). The maximum absolute atomic E-state index is 11.9. The molecule has 0 aliphatic rings. The lowest BCUT2D eigenvalue weighted by Crippen LogP contribution is -2.08. The predicted molar refractivity (Wildman–Crippen MR) is 78.3 cm³/mol. The van der Waals surface area contributed by atoms with Gasteiger partial charge in [0.25, 0.3) is 0 Å². The number of sulfonamides is 1. The van der Waals surface area contributed by atoms with Crippen LogP contribution in [0.2, 0.25) is 5.02 Å². The molecule has 2 aromatic rings. The van der Waals surface area contributed by atoms with Crippen molar-refractivity contribution in [3.8, 4) is 0 Å². The molecule has 0 amide bonds. The molecule has 0 N–H and O–H groups in total. The summed E-state index contributed by atoms with van der Waals surface area (Å²) in [5.74, 6) is 0. The van der Waals surface area contributed by atoms with E-state index in [2.05, 4.69) is 9.74 Å². The van der Waals surface area contributed by atoms with Gasteiger partial charge in [-0.3, -0.25) is 0 Å². The Labute approximate surface area is 122 Å². The van der Waals surface area contributed by atoms with Gasteiger partial charge in [0.1, 0.15) is 0 Å². The molecule has 5 nitrogen and oxygen atoms in total. The van der Waals surface area contributed by atoms with Crippen molar-refractivity contribution in [3.63, 3.8) is 0 Å². The van der Waals surface area contributed by atoms with E-state index in [0.29, 0.717) is 5.02 Å². The summed E-state index contributed by atoms with van der Waals surface area (Å²) < 4.78 is 27.3. The van der Waals surface area contributed by atoms with E-state index in [1.165, 1.54) is 29.3 Å². The molecule has 20 heavy (non-hydrogen) atoms. The van der Waals surface area contributed by atoms with Gasteiger partial charge >= 0.3 is 10.0 Å². The second-order valence-corrected chi connectivity index (χ2v) is 5.98. The van der Waals surface area contributed by atoms with Gasteiger partial charge in [-0.15, -0.1) is 0 Å². The minimum Gasteiger partial charge on any atom is -0.249 e. The normalized spacial score (nSPS) is 11.7. The third-order valence-electron chi connectivity index (χ3n) is 2.52. The second-order valence-electron chi connectivity index (χ2n) is 3.96. The maximum atomic E-state index is 11.9. The largest absolute Gasteiger partial charge is 0.301 e. The quantitative estimate of drug-likeness (QED) is 0.641. The first-order chi connectivity index (χ1) is 9.49. The third kappa shape index (κ3) is 3.55. The van der Waals surface area contributed by atoms with Gasteiger partial charge in [-0.25, -0.2) is 5.01 Å². The molecule has 0 atom stereocenters. The summed E-state index contributed by atoms with van der Waals surface area (Å²) in [6.07, 6.45) is 0. The fourth-order valence-electron chi connectivity index (χ4n) is 1.45. The molecule has 0 heterocycles. The monoisotopic (exact) mass is 309 g/mol. The Hall–Kier alpha value is -1.92. The summed E-state index contributed by atoms with van der Waals surface area (Å²) in [6, 6.07) is 14.9. The van der Waals surface area contributed by atoms with E-state index < -0.39 is 10.0 Å². The molecular weight excluding hydrogens is 298 g/mol. The highest BCUT2D eigenvalue weighted by Gasteiger charge is 2.13. The number of halogens is 1. The second kappa shape index (κ2) is 6.02. The first kappa shape index (κ1) is 14.5. The van der Waals surface area contributed by atoms with Crippen LogP contribution in [0.15, 0.2) is 69.2 Å². The van der Waals surface area contributed by atoms with E-state index in [4.69, 9.17) is 11.6 Å². The zero-order valence-electron chi connectivity index (χ0n) is 10.6. The van der Waals surface area contributed by atoms with Crippen molar-refractivity contribution >= 4 is 27.3 Å². The molecule has 2 aromatic carbocycles. The molecule has 104 valence electrons. The van der Waals surface area contributed by atoms with E-state index in [9.17, 15) is 8.42 Å². The third-order valence-corrected chi connectivity index (χ3v) is 3.93. The van der Waals surface area contributed by atoms with Crippen LogP contribution in [0.4, 0.5) is 5.69 Å². The number of hydrogen-bond acceptors (Lipinski definition) is 3. The van der Waals surface area contributed by atoms with Crippen LogP contribution in [0.1, 0.15) is 0 Å². The Bertz CT molecular complexity index is 700. The Morgan fingerprint density at radius 1 is 1.00 bits per heavy atom. The average molecular weight is 310 g/mol. The van der Waals surface area contributed by atoms with Gasteiger partial charge in [-0.05, 0) is 40.9 Å². The number of hydrogen-bond donors (Lipinski definition) is 0. The SMILES string of the molecule is CN(N=NS(=O)(=O)c1ccc(Cl)cc1)c1ccccc1. The van der Waals surface area contributed by atoms with E-state index in [-0.39, 0.29) is 4.90 Å². The van der Waals surface area contributed by atoms with Crippen LogP contribution in [0, 0.1) is 0 Å². The van der Waals surface area contributed by atoms with Crippen molar-refractivity contribution in [1.82, 2.24) is 0 Å². The predicted octanol–water partition coefficient (Wildman–Crippen LogP) is 3.53. The van der Waals surface area contributed by atoms with Gasteiger partial charge in [0.05, 0.1) is 10.6 Å². The fraction of sp³-hybridized carbons (Fsp3) is 0.0769. The zero-order valence-corrected chi connectivity index (χ0v) is 12.2. The molecule has 0 aromatic heterocycles. The van der Waals surface area contributed by atoms with Gasteiger partial charge in [0.15, 0.2) is 0 Å². The van der Waals surface area contributed by atoms with Crippen molar-refractivity contribution in [1.29, 1.82) is 0 Å². The first-order valence-corrected chi connectivity index (χ1v) is 7.53. The minimum atomic E-state index is -3.82. The molecule has 0 unspecified atom stereocenters. The van der Waals surface area contributed by atoms with Crippen molar-refractivity contribution < 1.29 is 8.42 Å². The van der Waals surface area contributed by atoms with E-state index in [1.54, 1.807) is 19.2 Å². The topological polar surface area (TPSA) is 62.1 Å². The minimum absolute atomic E-state index is 0.0483. The molecule has 0 spiro atoms. The van der Waals surface area contributed by atoms with Crippen molar-refractivity contribution in [2.75, 3.05) is 12.1 Å². The van der Waals surface area contributed by atoms with Crippen molar-refractivity contribution in [2.45, 2.75) is 4.90 Å². The molecule has 7 heteroatoms. The molecule has 0 bridgehead atoms. The van der Waals surface area contributed by atoms with Crippen LogP contribution in [0.5, 0.6) is 0 Å². The van der Waals surface area contributed by atoms with Crippen LogP contribution in [-0.4, -0.2) is 15.5 Å². The van der Waals surface area contributed by atoms with Crippen molar-refractivity contribution in [3.05, 3.63) is 59.6 Å². The van der Waals surface area contributed by atoms with Crippen LogP contribution in [0.3, 0.4) is 0 Å². The molecule has 0 radical (unpaired) electrons. The lowest BCUT2D eigenvalue weighted by atomic mass is 10.3. The van der Waals surface area contributed by atoms with Crippen LogP contribution >= 0.6 is 11.6 Å². The van der Waals surface area contributed by atoms with E-state index >= 15 is 0 Å². The zero-order chi connectivity index (χ0) is 14.6. The summed E-state index contributed by atoms with van der Waals surface area (Å²) in [5, 5.41) is 5.55. The standard InChI is InChI=1S/C13H12ClN3O2S/c1-17(12-5-3-2-4-6-12)15-16-20(18,19)13-9-7-11(14)8-10-13/h2-10H,1H3. The van der Waals surface area contributed by atoms with E-state index in [1.807, 2.05) is 18.2 Å². The molecule has 0 fully saturated rings. The Kier molecular flexibility index (Phi) is 4.36. The number of rotatable bonds is 4. The number of para-hydroxylation sites is 1. The fourth-order valence-corrected chi connectivity index (χ4v) is 2.36. The van der Waals surface area contributed by atoms with Gasteiger partial charge in [-0.2, -0.15) is 8.42 Å². The smallest absolute Gasteiger partial charge is 0.249 e. The summed E-state index contributed by atoms with van der Waals surface area (Å²) in [6.45, 7) is 0. The van der Waals surface area contributed by atoms with Crippen LogP contribution in [-0.2, 0) is 10.0 Å². The summed E-state index contributed by atoms with van der Waals surface area (Å²) >= 11 is 5.71. The van der Waals surface area contributed by atoms with Gasteiger partial charge in [-0.1, -0.05) is 35.0 Å². The molecule has 0 saturated heterocycles. The summed E-state index contributed by atoms with van der Waals surface area (Å²) in [7, 11) is -2.20. The first-order valence-electron chi connectivity index (χ1n) is 5.71. The molecule has 0 aliphatic carbocycles. The van der Waals surface area contributed by atoms with Gasteiger partial charge in [0, 0.05) is 12.1 Å². The summed E-state index contributed by atoms with van der Waals surface area (Å²) in [5.41, 5.74) is 0.738. The highest BCUT2D eigenvalue weighted by molar-refractivity contribution is 7.90. The van der Waals surface area contributed by atoms with Crippen molar-refractivity contribution in [2.24, 2.45) is 9.74 Å². The summed E-state index contributed by atoms with van der Waals surface area (Å²) in [4.78, 5) is 0.0483. The lowest BCUT2D eigenvalue weighted by Gasteiger charge is -2.10. The van der Waals surface area contributed by atoms with Gasteiger partial charge < -0.3 is 0 Å². The molecule has 0 aliphatic heterocycles. The Morgan fingerprint density at radius 3 is 2.20 bits per heavy atom. The molecule has 0 saturated carbocycles. The maximum Gasteiger partial charge on any atom is 0.301 e. The highest BCUT2D eigenvalue weighted by atomic mass is 35.5. The average Bonchev–Trinajstić information content (AvgIpc) is 2.46. The molecular formula is C13H12ClN3O2S. The number of anilines is 1. The number of benzene rings is 2. The van der Waals surface area contributed by atoms with Crippen LogP contribution in [0.25, 0.3) is 0 Å². The highest BCUT2D eigenvalue weighted by Crippen LogP contribution is 2.18.